The summed E-state index contributed by atoms with van der Waals surface area (Å²) < 4.78 is 12.5. The molecule has 5 aromatic rings. The van der Waals surface area contributed by atoms with Crippen molar-refractivity contribution >= 4 is 45.9 Å². The summed E-state index contributed by atoms with van der Waals surface area (Å²) >= 11 is 6.73. The quantitative estimate of drug-likeness (QED) is 0.173. The number of anilines is 3. The van der Waals surface area contributed by atoms with E-state index < -0.39 is 0 Å². The smallest absolute Gasteiger partial charge is 0.260 e. The van der Waals surface area contributed by atoms with Crippen molar-refractivity contribution in [1.29, 1.82) is 0 Å². The number of pyridine rings is 1. The maximum Gasteiger partial charge on any atom is 0.260 e. The van der Waals surface area contributed by atoms with Crippen molar-refractivity contribution in [2.75, 3.05) is 45.5 Å². The Hall–Kier alpha value is -5.19. The van der Waals surface area contributed by atoms with E-state index in [0.717, 1.165) is 11.3 Å². The molecule has 2 aromatic heterocycles. The fraction of sp³-hybridized carbons (Fsp3) is 0.176. The summed E-state index contributed by atoms with van der Waals surface area (Å²) in [6.07, 6.45) is 4.95. The van der Waals surface area contributed by atoms with Gasteiger partial charge in [0, 0.05) is 52.8 Å². The van der Waals surface area contributed by atoms with Gasteiger partial charge in [-0.25, -0.2) is 4.98 Å². The molecule has 45 heavy (non-hydrogen) atoms. The summed E-state index contributed by atoms with van der Waals surface area (Å²) in [5.41, 5.74) is 3.05. The van der Waals surface area contributed by atoms with Gasteiger partial charge < -0.3 is 25.0 Å². The molecular weight excluding hydrogens is 592 g/mol. The largest absolute Gasteiger partial charge is 0.497 e. The van der Waals surface area contributed by atoms with E-state index in [0.29, 0.717) is 51.8 Å². The third-order valence-electron chi connectivity index (χ3n) is 6.89. The van der Waals surface area contributed by atoms with Crippen molar-refractivity contribution in [3.63, 3.8) is 0 Å². The minimum Gasteiger partial charge on any atom is -0.497 e. The molecular formula is C34H33ClN6O4. The van der Waals surface area contributed by atoms with E-state index in [1.807, 2.05) is 67.5 Å². The number of halogens is 1. The molecule has 0 radical (unpaired) electrons. The highest BCUT2D eigenvalue weighted by atomic mass is 35.5. The average molecular weight is 625 g/mol. The van der Waals surface area contributed by atoms with E-state index in [4.69, 9.17) is 26.1 Å². The van der Waals surface area contributed by atoms with Gasteiger partial charge in [0.2, 0.25) is 11.9 Å². The second-order valence-corrected chi connectivity index (χ2v) is 10.8. The number of ether oxygens (including phenoxy) is 2. The number of para-hydroxylation sites is 1. The van der Waals surface area contributed by atoms with Gasteiger partial charge >= 0.3 is 0 Å². The molecule has 10 nitrogen and oxygen atoms in total. The Labute approximate surface area is 265 Å². The molecule has 5 rings (SSSR count). The van der Waals surface area contributed by atoms with E-state index in [2.05, 4.69) is 15.6 Å². The third kappa shape index (κ3) is 7.49. The predicted molar refractivity (Wildman–Crippen MR) is 179 cm³/mol. The van der Waals surface area contributed by atoms with Crippen LogP contribution in [0.1, 0.15) is 5.56 Å². The molecule has 0 saturated carbocycles. The zero-order valence-electron chi connectivity index (χ0n) is 25.4. The van der Waals surface area contributed by atoms with Crippen LogP contribution in [0.5, 0.6) is 11.5 Å². The highest BCUT2D eigenvalue weighted by Gasteiger charge is 2.19. The highest BCUT2D eigenvalue weighted by molar-refractivity contribution is 6.35. The van der Waals surface area contributed by atoms with Crippen LogP contribution in [0.15, 0.2) is 95.9 Å². The lowest BCUT2D eigenvalue weighted by Crippen LogP contribution is -2.24. The number of methoxy groups -OCH3 is 2. The van der Waals surface area contributed by atoms with E-state index in [1.165, 1.54) is 20.3 Å². The first-order valence-electron chi connectivity index (χ1n) is 14.1. The minimum atomic E-state index is -0.329. The van der Waals surface area contributed by atoms with E-state index in [9.17, 15) is 9.59 Å². The SMILES string of the molecule is COc1cc(OC)c(Cl)c(-c2cc3cnc(Nc4ccccc4)nc3n(Cc3cccc(NC(=O)/C=C/CN(C)C)c3)c2=O)c1. The molecule has 2 N–H and O–H groups in total. The van der Waals surface area contributed by atoms with Crippen molar-refractivity contribution in [2.24, 2.45) is 0 Å². The predicted octanol–water partition coefficient (Wildman–Crippen LogP) is 5.98. The Bertz CT molecular complexity index is 1920. The van der Waals surface area contributed by atoms with Crippen LogP contribution in [0.4, 0.5) is 17.3 Å². The van der Waals surface area contributed by atoms with Crippen LogP contribution in [0, 0.1) is 0 Å². The van der Waals surface area contributed by atoms with Gasteiger partial charge in [-0.05, 0) is 56.1 Å². The molecule has 0 aliphatic heterocycles. The first-order valence-corrected chi connectivity index (χ1v) is 14.5. The van der Waals surface area contributed by atoms with Gasteiger partial charge in [0.25, 0.3) is 5.56 Å². The van der Waals surface area contributed by atoms with Crippen molar-refractivity contribution in [3.05, 3.63) is 112 Å². The van der Waals surface area contributed by atoms with Gasteiger partial charge in [0.15, 0.2) is 0 Å². The van der Waals surface area contributed by atoms with Crippen LogP contribution < -0.4 is 25.7 Å². The molecule has 11 heteroatoms. The molecule has 0 unspecified atom stereocenters. The van der Waals surface area contributed by atoms with Gasteiger partial charge in [-0.3, -0.25) is 14.2 Å². The molecule has 0 fully saturated rings. The van der Waals surface area contributed by atoms with Crippen LogP contribution in [0.2, 0.25) is 5.02 Å². The topological polar surface area (TPSA) is 111 Å². The number of aromatic nitrogens is 3. The van der Waals surface area contributed by atoms with E-state index in [1.54, 1.807) is 41.1 Å². The molecule has 0 saturated heterocycles. The number of hydrogen-bond acceptors (Lipinski definition) is 8. The number of nitrogens with zero attached hydrogens (tertiary/aromatic N) is 4. The van der Waals surface area contributed by atoms with Crippen LogP contribution in [-0.4, -0.2) is 60.2 Å². The summed E-state index contributed by atoms with van der Waals surface area (Å²) in [5, 5.41) is 6.98. The average Bonchev–Trinajstić information content (AvgIpc) is 3.03. The lowest BCUT2D eigenvalue weighted by Gasteiger charge is -2.16. The fourth-order valence-electron chi connectivity index (χ4n) is 4.73. The standard InChI is InChI=1S/C34H33ClN6O4/c1-40(2)15-9-14-30(42)37-25-13-8-10-22(16-25)21-41-32-23(20-36-34(39-32)38-24-11-6-5-7-12-24)17-28(33(41)43)27-18-26(44-3)19-29(45-4)31(27)35/h5-14,16-20H,15,21H2,1-4H3,(H,37,42)(H,36,38,39)/b14-9+. The lowest BCUT2D eigenvalue weighted by molar-refractivity contribution is -0.111. The number of carbonyl (C=O) groups excluding carboxylic acids is 1. The zero-order valence-corrected chi connectivity index (χ0v) is 26.1. The van der Waals surface area contributed by atoms with Crippen molar-refractivity contribution < 1.29 is 14.3 Å². The van der Waals surface area contributed by atoms with E-state index >= 15 is 0 Å². The van der Waals surface area contributed by atoms with Gasteiger partial charge in [0.05, 0.1) is 25.8 Å². The second kappa shape index (κ2) is 14.1. The lowest BCUT2D eigenvalue weighted by atomic mass is 10.0. The first-order chi connectivity index (χ1) is 21.7. The van der Waals surface area contributed by atoms with Gasteiger partial charge in [-0.2, -0.15) is 4.98 Å². The maximum absolute atomic E-state index is 14.3. The zero-order chi connectivity index (χ0) is 31.9. The molecule has 0 aliphatic rings. The molecule has 0 bridgehead atoms. The Morgan fingerprint density at radius 2 is 1.76 bits per heavy atom. The van der Waals surface area contributed by atoms with Gasteiger partial charge in [0.1, 0.15) is 17.1 Å². The number of benzene rings is 3. The Morgan fingerprint density at radius 1 is 0.978 bits per heavy atom. The number of nitrogens with one attached hydrogen (secondary N) is 2. The van der Waals surface area contributed by atoms with Crippen LogP contribution >= 0.6 is 11.6 Å². The van der Waals surface area contributed by atoms with Crippen molar-refractivity contribution in [2.45, 2.75) is 6.54 Å². The number of carbonyl (C=O) groups is 1. The molecule has 230 valence electrons. The monoisotopic (exact) mass is 624 g/mol. The summed E-state index contributed by atoms with van der Waals surface area (Å²) in [7, 11) is 6.89. The third-order valence-corrected chi connectivity index (χ3v) is 7.28. The van der Waals surface area contributed by atoms with Gasteiger partial charge in [-0.15, -0.1) is 0 Å². The van der Waals surface area contributed by atoms with Gasteiger partial charge in [-0.1, -0.05) is 48.0 Å². The molecule has 3 aromatic carbocycles. The number of hydrogen-bond donors (Lipinski definition) is 2. The molecule has 0 atom stereocenters. The molecule has 2 heterocycles. The van der Waals surface area contributed by atoms with E-state index in [-0.39, 0.29) is 23.0 Å². The molecule has 0 spiro atoms. The summed E-state index contributed by atoms with van der Waals surface area (Å²) in [6.45, 7) is 0.801. The molecule has 1 amide bonds. The maximum atomic E-state index is 14.3. The Balaban J connectivity index is 1.60. The van der Waals surface area contributed by atoms with Crippen LogP contribution in [0.25, 0.3) is 22.2 Å². The summed E-state index contributed by atoms with van der Waals surface area (Å²) in [6, 6.07) is 21.9. The Morgan fingerprint density at radius 3 is 2.49 bits per heavy atom. The number of fused-ring (bicyclic) bond motifs is 1. The molecule has 0 aliphatic carbocycles. The highest BCUT2D eigenvalue weighted by Crippen LogP contribution is 2.38. The van der Waals surface area contributed by atoms with Crippen molar-refractivity contribution in [3.8, 4) is 22.6 Å². The van der Waals surface area contributed by atoms with Crippen molar-refractivity contribution in [1.82, 2.24) is 19.4 Å². The normalized spacial score (nSPS) is 11.2. The number of likely N-dealkylation sites (N-methyl/N-ethyl adjacent to an activating group) is 1. The minimum absolute atomic E-state index is 0.157. The summed E-state index contributed by atoms with van der Waals surface area (Å²) in [4.78, 5) is 38.0. The first kappa shape index (κ1) is 31.2. The van der Waals surface area contributed by atoms with Crippen LogP contribution in [0.3, 0.4) is 0 Å². The number of rotatable bonds is 11. The van der Waals surface area contributed by atoms with Crippen LogP contribution in [-0.2, 0) is 11.3 Å². The Kier molecular flexibility index (Phi) is 9.76. The fourth-order valence-corrected chi connectivity index (χ4v) is 5.02. The second-order valence-electron chi connectivity index (χ2n) is 10.5. The summed E-state index contributed by atoms with van der Waals surface area (Å²) in [5.74, 6) is 0.948. The number of amides is 1.